The van der Waals surface area contributed by atoms with E-state index < -0.39 is 0 Å². The van der Waals surface area contributed by atoms with Crippen LogP contribution in [0.1, 0.15) is 17.2 Å². The fourth-order valence-corrected chi connectivity index (χ4v) is 3.99. The quantitative estimate of drug-likeness (QED) is 0.699. The zero-order valence-electron chi connectivity index (χ0n) is 16.0. The molecule has 0 aliphatic carbocycles. The lowest BCUT2D eigenvalue weighted by molar-refractivity contribution is -0.926. The van der Waals surface area contributed by atoms with E-state index in [9.17, 15) is 9.59 Å². The zero-order chi connectivity index (χ0) is 19.5. The van der Waals surface area contributed by atoms with E-state index >= 15 is 0 Å². The molecule has 0 amide bonds. The Hall–Kier alpha value is -3.12. The molecule has 0 unspecified atom stereocenters. The van der Waals surface area contributed by atoms with Gasteiger partial charge in [-0.05, 0) is 0 Å². The van der Waals surface area contributed by atoms with Gasteiger partial charge in [-0.15, -0.1) is 0 Å². The molecule has 1 aromatic heterocycles. The number of rotatable bonds is 4. The Bertz CT molecular complexity index is 965. The van der Waals surface area contributed by atoms with Crippen LogP contribution >= 0.6 is 0 Å². The van der Waals surface area contributed by atoms with E-state index in [0.29, 0.717) is 5.82 Å². The van der Waals surface area contributed by atoms with E-state index in [-0.39, 0.29) is 17.3 Å². The number of hydrogen-bond donors (Lipinski definition) is 2. The Labute approximate surface area is 163 Å². The van der Waals surface area contributed by atoms with Gasteiger partial charge in [0.1, 0.15) is 11.9 Å². The minimum absolute atomic E-state index is 0.271. The number of nitrogens with zero attached hydrogens (tertiary/aromatic N) is 2. The molecular weight excluding hydrogens is 352 g/mol. The maximum absolute atomic E-state index is 12.0. The van der Waals surface area contributed by atoms with Crippen molar-refractivity contribution in [2.24, 2.45) is 7.05 Å². The first kappa shape index (κ1) is 18.3. The van der Waals surface area contributed by atoms with Gasteiger partial charge in [-0.1, -0.05) is 60.7 Å². The second-order valence-electron chi connectivity index (χ2n) is 7.26. The minimum Gasteiger partial charge on any atom is -0.347 e. The molecule has 2 aromatic carbocycles. The monoisotopic (exact) mass is 377 g/mol. The van der Waals surface area contributed by atoms with Crippen molar-refractivity contribution in [2.75, 3.05) is 31.1 Å². The molecule has 6 nitrogen and oxygen atoms in total. The molecule has 1 fully saturated rings. The number of aromatic nitrogens is 2. The van der Waals surface area contributed by atoms with Crippen molar-refractivity contribution in [1.29, 1.82) is 0 Å². The topological polar surface area (TPSA) is 62.5 Å². The highest BCUT2D eigenvalue weighted by Crippen LogP contribution is 2.19. The van der Waals surface area contributed by atoms with Crippen molar-refractivity contribution in [3.63, 3.8) is 0 Å². The van der Waals surface area contributed by atoms with E-state index in [1.165, 1.54) is 29.1 Å². The summed E-state index contributed by atoms with van der Waals surface area (Å²) in [5.41, 5.74) is 1.96. The summed E-state index contributed by atoms with van der Waals surface area (Å²) in [5, 5.41) is 0. The third kappa shape index (κ3) is 3.64. The van der Waals surface area contributed by atoms with E-state index in [2.05, 4.69) is 58.4 Å². The van der Waals surface area contributed by atoms with Crippen molar-refractivity contribution in [3.05, 3.63) is 98.7 Å². The number of aromatic amines is 1. The van der Waals surface area contributed by atoms with E-state index in [1.54, 1.807) is 0 Å². The highest BCUT2D eigenvalue weighted by atomic mass is 16.2. The van der Waals surface area contributed by atoms with Crippen LogP contribution in [0.25, 0.3) is 0 Å². The molecule has 0 spiro atoms. The molecule has 4 rings (SSSR count). The lowest BCUT2D eigenvalue weighted by Crippen LogP contribution is -3.15. The summed E-state index contributed by atoms with van der Waals surface area (Å²) in [7, 11) is 1.48. The molecule has 2 N–H and O–H groups in total. The molecule has 0 atom stereocenters. The molecule has 1 saturated heterocycles. The van der Waals surface area contributed by atoms with Gasteiger partial charge in [0, 0.05) is 24.2 Å². The first-order chi connectivity index (χ1) is 13.6. The summed E-state index contributed by atoms with van der Waals surface area (Å²) in [5.74, 6) is 0.614. The molecule has 0 bridgehead atoms. The SMILES string of the molecule is Cn1c(=O)cc(N2CC[NH+](C(c3ccccc3)c3ccccc3)CC2)[nH]c1=O. The first-order valence-corrected chi connectivity index (χ1v) is 9.63. The fraction of sp³-hybridized carbons (Fsp3) is 0.273. The standard InChI is InChI=1S/C22H24N4O2/c1-24-20(27)16-19(23-22(24)28)25-12-14-26(15-13-25)21(17-8-4-2-5-9-17)18-10-6-3-7-11-18/h2-11,16,21H,12-15H2,1H3,(H,23,28)/p+1. The third-order valence-corrected chi connectivity index (χ3v) is 5.55. The van der Waals surface area contributed by atoms with Gasteiger partial charge in [-0.25, -0.2) is 4.79 Å². The van der Waals surface area contributed by atoms with Gasteiger partial charge in [-0.3, -0.25) is 14.3 Å². The number of nitrogens with one attached hydrogen (secondary N) is 2. The first-order valence-electron chi connectivity index (χ1n) is 9.63. The van der Waals surface area contributed by atoms with Crippen molar-refractivity contribution in [3.8, 4) is 0 Å². The third-order valence-electron chi connectivity index (χ3n) is 5.55. The predicted molar refractivity (Wildman–Crippen MR) is 110 cm³/mol. The van der Waals surface area contributed by atoms with Crippen LogP contribution < -0.4 is 21.0 Å². The van der Waals surface area contributed by atoms with Gasteiger partial charge in [-0.2, -0.15) is 0 Å². The fourth-order valence-electron chi connectivity index (χ4n) is 3.99. The molecule has 1 aliphatic rings. The summed E-state index contributed by atoms with van der Waals surface area (Å²) in [6, 6.07) is 23.0. The van der Waals surface area contributed by atoms with Crippen LogP contribution in [0.2, 0.25) is 0 Å². The molecule has 1 aliphatic heterocycles. The van der Waals surface area contributed by atoms with Crippen LogP contribution in [0.3, 0.4) is 0 Å². The molecule has 0 saturated carbocycles. The number of H-pyrrole nitrogens is 1. The Balaban J connectivity index is 1.57. The van der Waals surface area contributed by atoms with Gasteiger partial charge in [0.25, 0.3) is 5.56 Å². The highest BCUT2D eigenvalue weighted by molar-refractivity contribution is 5.37. The normalized spacial score (nSPS) is 15.1. The summed E-state index contributed by atoms with van der Waals surface area (Å²) in [4.78, 5) is 30.3. The maximum Gasteiger partial charge on any atom is 0.329 e. The molecule has 6 heteroatoms. The van der Waals surface area contributed by atoms with Crippen LogP contribution in [-0.2, 0) is 7.05 Å². The van der Waals surface area contributed by atoms with Crippen molar-refractivity contribution >= 4 is 5.82 Å². The van der Waals surface area contributed by atoms with Gasteiger partial charge in [0.2, 0.25) is 0 Å². The Morgan fingerprint density at radius 1 is 0.893 bits per heavy atom. The summed E-state index contributed by atoms with van der Waals surface area (Å²) >= 11 is 0. The zero-order valence-corrected chi connectivity index (χ0v) is 16.0. The Morgan fingerprint density at radius 2 is 1.43 bits per heavy atom. The van der Waals surface area contributed by atoms with Gasteiger partial charge < -0.3 is 9.80 Å². The summed E-state index contributed by atoms with van der Waals surface area (Å²) < 4.78 is 1.09. The number of benzene rings is 2. The van der Waals surface area contributed by atoms with Crippen molar-refractivity contribution in [1.82, 2.24) is 9.55 Å². The number of piperazine rings is 1. The number of hydrogen-bond acceptors (Lipinski definition) is 3. The molecular formula is C22H25N4O2+. The number of quaternary nitrogens is 1. The largest absolute Gasteiger partial charge is 0.347 e. The minimum atomic E-state index is -0.372. The molecule has 144 valence electrons. The lowest BCUT2D eigenvalue weighted by atomic mass is 9.96. The van der Waals surface area contributed by atoms with Crippen LogP contribution in [0, 0.1) is 0 Å². The molecule has 2 heterocycles. The van der Waals surface area contributed by atoms with Crippen LogP contribution in [0.15, 0.2) is 76.3 Å². The van der Waals surface area contributed by atoms with Crippen LogP contribution in [-0.4, -0.2) is 35.7 Å². The highest BCUT2D eigenvalue weighted by Gasteiger charge is 2.30. The Morgan fingerprint density at radius 3 is 1.93 bits per heavy atom. The molecule has 0 radical (unpaired) electrons. The van der Waals surface area contributed by atoms with E-state index in [0.717, 1.165) is 30.7 Å². The molecule has 3 aromatic rings. The van der Waals surface area contributed by atoms with Gasteiger partial charge in [0.05, 0.1) is 26.2 Å². The smallest absolute Gasteiger partial charge is 0.329 e. The van der Waals surface area contributed by atoms with Crippen LogP contribution in [0.4, 0.5) is 5.82 Å². The van der Waals surface area contributed by atoms with E-state index in [4.69, 9.17) is 0 Å². The lowest BCUT2D eigenvalue weighted by Gasteiger charge is -2.37. The van der Waals surface area contributed by atoms with Gasteiger partial charge in [0.15, 0.2) is 0 Å². The average molecular weight is 377 g/mol. The molecule has 28 heavy (non-hydrogen) atoms. The second-order valence-corrected chi connectivity index (χ2v) is 7.26. The van der Waals surface area contributed by atoms with Crippen LogP contribution in [0.5, 0.6) is 0 Å². The second kappa shape index (κ2) is 7.86. The summed E-state index contributed by atoms with van der Waals surface area (Å²) in [6.45, 7) is 3.42. The van der Waals surface area contributed by atoms with Crippen molar-refractivity contribution < 1.29 is 4.90 Å². The number of anilines is 1. The predicted octanol–water partition coefficient (Wildman–Crippen LogP) is 0.568. The summed E-state index contributed by atoms with van der Waals surface area (Å²) in [6.07, 6.45) is 0. The van der Waals surface area contributed by atoms with Gasteiger partial charge >= 0.3 is 5.69 Å². The van der Waals surface area contributed by atoms with E-state index in [1.807, 2.05) is 12.1 Å². The maximum atomic E-state index is 12.0. The Kier molecular flexibility index (Phi) is 5.12. The van der Waals surface area contributed by atoms with Crippen molar-refractivity contribution in [2.45, 2.75) is 6.04 Å². The average Bonchev–Trinajstić information content (AvgIpc) is 2.74.